The molecule has 0 aliphatic heterocycles. The van der Waals surface area contributed by atoms with E-state index in [2.05, 4.69) is 20.8 Å². The van der Waals surface area contributed by atoms with Gasteiger partial charge in [0.2, 0.25) is 0 Å². The molecule has 0 amide bonds. The molecule has 0 aromatic carbocycles. The zero-order valence-corrected chi connectivity index (χ0v) is 7.34. The predicted octanol–water partition coefficient (Wildman–Crippen LogP) is 2.99. The van der Waals surface area contributed by atoms with Gasteiger partial charge in [-0.2, -0.15) is 11.8 Å². The molecule has 1 radical (unpaired) electrons. The number of thioether (sulfide) groups is 1. The summed E-state index contributed by atoms with van der Waals surface area (Å²) < 4.78 is 0. The van der Waals surface area contributed by atoms with Gasteiger partial charge in [-0.3, -0.25) is 0 Å². The molecule has 0 bridgehead atoms. The average molecular weight is 145 g/mol. The van der Waals surface area contributed by atoms with Gasteiger partial charge in [0.05, 0.1) is 0 Å². The maximum absolute atomic E-state index is 3.77. The summed E-state index contributed by atoms with van der Waals surface area (Å²) in [5.41, 5.74) is 0. The Morgan fingerprint density at radius 2 is 2.11 bits per heavy atom. The first-order valence-corrected chi connectivity index (χ1v) is 4.79. The van der Waals surface area contributed by atoms with Crippen LogP contribution >= 0.6 is 11.8 Å². The molecule has 0 N–H and O–H groups in total. The van der Waals surface area contributed by atoms with E-state index >= 15 is 0 Å². The molecule has 0 nitrogen and oxygen atoms in total. The smallest absolute Gasteiger partial charge is 0.00672 e. The maximum Gasteiger partial charge on any atom is -0.00672 e. The molecule has 0 heterocycles. The van der Waals surface area contributed by atoms with Crippen molar-refractivity contribution in [2.45, 2.75) is 26.7 Å². The summed E-state index contributed by atoms with van der Waals surface area (Å²) in [5.74, 6) is 3.19. The SMILES string of the molecule is [CH2]CSCCCC(C)C. The highest BCUT2D eigenvalue weighted by Crippen LogP contribution is 2.08. The van der Waals surface area contributed by atoms with Crippen LogP contribution in [0.1, 0.15) is 26.7 Å². The van der Waals surface area contributed by atoms with E-state index in [4.69, 9.17) is 0 Å². The van der Waals surface area contributed by atoms with Crippen LogP contribution in [0.15, 0.2) is 0 Å². The fourth-order valence-electron chi connectivity index (χ4n) is 0.696. The largest absolute Gasteiger partial charge is 0.162 e. The molecule has 1 heteroatoms. The molecular formula is C8H17S. The topological polar surface area (TPSA) is 0 Å². The second-order valence-electron chi connectivity index (χ2n) is 2.65. The minimum atomic E-state index is 0.871. The lowest BCUT2D eigenvalue weighted by molar-refractivity contribution is 0.579. The minimum Gasteiger partial charge on any atom is -0.162 e. The Kier molecular flexibility index (Phi) is 6.72. The van der Waals surface area contributed by atoms with Crippen molar-refractivity contribution in [3.8, 4) is 0 Å². The van der Waals surface area contributed by atoms with Crippen LogP contribution in [0.2, 0.25) is 0 Å². The lowest BCUT2D eigenvalue weighted by Crippen LogP contribution is -1.88. The summed E-state index contributed by atoms with van der Waals surface area (Å²) in [6.45, 7) is 8.31. The first kappa shape index (κ1) is 9.35. The monoisotopic (exact) mass is 145 g/mol. The van der Waals surface area contributed by atoms with Crippen LogP contribution in [0, 0.1) is 12.8 Å². The summed E-state index contributed by atoms with van der Waals surface area (Å²) in [4.78, 5) is 0. The van der Waals surface area contributed by atoms with Gasteiger partial charge in [-0.05, 0) is 30.8 Å². The lowest BCUT2D eigenvalue weighted by atomic mass is 10.1. The van der Waals surface area contributed by atoms with Crippen LogP contribution in [0.4, 0.5) is 0 Å². The summed E-state index contributed by atoms with van der Waals surface area (Å²) >= 11 is 1.94. The van der Waals surface area contributed by atoms with Crippen LogP contribution in [0.3, 0.4) is 0 Å². The number of hydrogen-bond donors (Lipinski definition) is 0. The first-order chi connectivity index (χ1) is 4.27. The van der Waals surface area contributed by atoms with Gasteiger partial charge in [0.15, 0.2) is 0 Å². The van der Waals surface area contributed by atoms with Crippen LogP contribution in [-0.4, -0.2) is 11.5 Å². The summed E-state index contributed by atoms with van der Waals surface area (Å²) in [5, 5.41) is 0. The van der Waals surface area contributed by atoms with Gasteiger partial charge in [0.1, 0.15) is 0 Å². The molecule has 0 rings (SSSR count). The normalized spacial score (nSPS) is 10.7. The van der Waals surface area contributed by atoms with Gasteiger partial charge in [-0.15, -0.1) is 0 Å². The molecule has 0 aromatic heterocycles. The van der Waals surface area contributed by atoms with Crippen molar-refractivity contribution < 1.29 is 0 Å². The van der Waals surface area contributed by atoms with Gasteiger partial charge >= 0.3 is 0 Å². The molecule has 55 valence electrons. The zero-order chi connectivity index (χ0) is 7.11. The van der Waals surface area contributed by atoms with E-state index in [0.29, 0.717) is 0 Å². The van der Waals surface area contributed by atoms with Crippen molar-refractivity contribution in [3.05, 3.63) is 6.92 Å². The third-order valence-electron chi connectivity index (χ3n) is 1.21. The Hall–Kier alpha value is 0.350. The number of hydrogen-bond acceptors (Lipinski definition) is 1. The molecule has 0 fully saturated rings. The standard InChI is InChI=1S/C8H17S/c1-4-9-7-5-6-8(2)3/h8H,1,4-7H2,2-3H3. The molecule has 0 spiro atoms. The van der Waals surface area contributed by atoms with Crippen molar-refractivity contribution in [1.29, 1.82) is 0 Å². The van der Waals surface area contributed by atoms with E-state index in [1.807, 2.05) is 11.8 Å². The zero-order valence-electron chi connectivity index (χ0n) is 6.52. The first-order valence-electron chi connectivity index (χ1n) is 3.64. The van der Waals surface area contributed by atoms with Crippen LogP contribution in [-0.2, 0) is 0 Å². The molecule has 0 aliphatic rings. The quantitative estimate of drug-likeness (QED) is 0.536. The van der Waals surface area contributed by atoms with Crippen LogP contribution in [0.5, 0.6) is 0 Å². The Bertz CT molecular complexity index is 50.5. The fourth-order valence-corrected chi connectivity index (χ4v) is 1.27. The third kappa shape index (κ3) is 8.35. The van der Waals surface area contributed by atoms with E-state index in [-0.39, 0.29) is 0 Å². The van der Waals surface area contributed by atoms with Gasteiger partial charge < -0.3 is 0 Å². The van der Waals surface area contributed by atoms with E-state index in [0.717, 1.165) is 11.7 Å². The second-order valence-corrected chi connectivity index (χ2v) is 3.87. The van der Waals surface area contributed by atoms with Gasteiger partial charge in [0, 0.05) is 0 Å². The highest BCUT2D eigenvalue weighted by molar-refractivity contribution is 7.99. The summed E-state index contributed by atoms with van der Waals surface area (Å²) in [7, 11) is 0. The molecule has 0 unspecified atom stereocenters. The van der Waals surface area contributed by atoms with Crippen molar-refractivity contribution in [3.63, 3.8) is 0 Å². The molecule has 0 aromatic rings. The molecule has 0 aliphatic carbocycles. The second kappa shape index (κ2) is 6.47. The van der Waals surface area contributed by atoms with Crippen molar-refractivity contribution in [1.82, 2.24) is 0 Å². The van der Waals surface area contributed by atoms with E-state index < -0.39 is 0 Å². The Morgan fingerprint density at radius 1 is 1.44 bits per heavy atom. The molecular weight excluding hydrogens is 128 g/mol. The van der Waals surface area contributed by atoms with Crippen LogP contribution in [0.25, 0.3) is 0 Å². The Labute approximate surface area is 63.4 Å². The van der Waals surface area contributed by atoms with Gasteiger partial charge in [-0.25, -0.2) is 0 Å². The lowest BCUT2D eigenvalue weighted by Gasteiger charge is -2.01. The predicted molar refractivity (Wildman–Crippen MR) is 46.8 cm³/mol. The molecule has 9 heavy (non-hydrogen) atoms. The minimum absolute atomic E-state index is 0.871. The fraction of sp³-hybridized carbons (Fsp3) is 0.875. The Balaban J connectivity index is 2.75. The van der Waals surface area contributed by atoms with E-state index in [1.165, 1.54) is 18.6 Å². The van der Waals surface area contributed by atoms with E-state index in [9.17, 15) is 0 Å². The maximum atomic E-state index is 3.77. The van der Waals surface area contributed by atoms with Crippen molar-refractivity contribution in [2.75, 3.05) is 11.5 Å². The average Bonchev–Trinajstić information content (AvgIpc) is 1.80. The highest BCUT2D eigenvalue weighted by Gasteiger charge is 1.92. The summed E-state index contributed by atoms with van der Waals surface area (Å²) in [6.07, 6.45) is 2.73. The van der Waals surface area contributed by atoms with Gasteiger partial charge in [-0.1, -0.05) is 20.3 Å². The molecule has 0 saturated heterocycles. The van der Waals surface area contributed by atoms with Crippen LogP contribution < -0.4 is 0 Å². The molecule has 0 saturated carbocycles. The Morgan fingerprint density at radius 3 is 2.56 bits per heavy atom. The van der Waals surface area contributed by atoms with E-state index in [1.54, 1.807) is 0 Å². The van der Waals surface area contributed by atoms with Crippen molar-refractivity contribution >= 4 is 11.8 Å². The number of rotatable bonds is 5. The van der Waals surface area contributed by atoms with Crippen molar-refractivity contribution in [2.24, 2.45) is 5.92 Å². The highest BCUT2D eigenvalue weighted by atomic mass is 32.2. The summed E-state index contributed by atoms with van der Waals surface area (Å²) in [6, 6.07) is 0. The van der Waals surface area contributed by atoms with Gasteiger partial charge in [0.25, 0.3) is 0 Å². The molecule has 0 atom stereocenters. The third-order valence-corrected chi connectivity index (χ3v) is 2.08.